The Bertz CT molecular complexity index is 346. The molecule has 1 saturated heterocycles. The Morgan fingerprint density at radius 3 is 3.00 bits per heavy atom. The van der Waals surface area contributed by atoms with E-state index in [1.165, 1.54) is 14.2 Å². The van der Waals surface area contributed by atoms with Crippen LogP contribution in [0.1, 0.15) is 35.6 Å². The molecule has 0 saturated carbocycles. The average Bonchev–Trinajstić information content (AvgIpc) is 2.85. The van der Waals surface area contributed by atoms with Crippen LogP contribution in [0, 0.1) is 12.8 Å². The third-order valence-electron chi connectivity index (χ3n) is 3.19. The van der Waals surface area contributed by atoms with Gasteiger partial charge in [0.15, 0.2) is 0 Å². The lowest BCUT2D eigenvalue weighted by molar-refractivity contribution is 0.0866. The molecule has 0 aromatic carbocycles. The Morgan fingerprint density at radius 1 is 1.69 bits per heavy atom. The lowest BCUT2D eigenvalue weighted by Gasteiger charge is -2.21. The van der Waals surface area contributed by atoms with Crippen molar-refractivity contribution >= 4 is 38.9 Å². The molecule has 1 aliphatic heterocycles. The quantitative estimate of drug-likeness (QED) is 0.718. The van der Waals surface area contributed by atoms with Gasteiger partial charge in [0.2, 0.25) is 0 Å². The zero-order valence-electron chi connectivity index (χ0n) is 9.50. The van der Waals surface area contributed by atoms with Crippen LogP contribution in [0.25, 0.3) is 0 Å². The van der Waals surface area contributed by atoms with Gasteiger partial charge < -0.3 is 4.74 Å². The third kappa shape index (κ3) is 2.47. The first-order valence-corrected chi connectivity index (χ1v) is 7.69. The van der Waals surface area contributed by atoms with E-state index in [1.807, 2.05) is 0 Å². The second-order valence-corrected chi connectivity index (χ2v) is 7.15. The van der Waals surface area contributed by atoms with Gasteiger partial charge in [0, 0.05) is 17.4 Å². The Hall–Kier alpha value is 0.430. The summed E-state index contributed by atoms with van der Waals surface area (Å²) in [6, 6.07) is 2.19. The van der Waals surface area contributed by atoms with Crippen molar-refractivity contribution in [2.45, 2.75) is 38.2 Å². The molecule has 1 aromatic rings. The van der Waals surface area contributed by atoms with E-state index in [0.29, 0.717) is 12.0 Å². The largest absolute Gasteiger partial charge is 0.378 e. The number of hydrogen-bond donors (Lipinski definition) is 0. The molecule has 0 bridgehead atoms. The van der Waals surface area contributed by atoms with E-state index in [0.717, 1.165) is 19.4 Å². The van der Waals surface area contributed by atoms with Crippen molar-refractivity contribution in [2.75, 3.05) is 6.61 Å². The summed E-state index contributed by atoms with van der Waals surface area (Å²) < 4.78 is 6.90. The van der Waals surface area contributed by atoms with Crippen LogP contribution < -0.4 is 0 Å². The standard InChI is InChI=1S/C12H16BrClOS/c1-3-9-8(4-5-15-9)11(14)10-6-7(2)12(13)16-10/h6,8-9,11H,3-5H2,1-2H3. The van der Waals surface area contributed by atoms with E-state index in [9.17, 15) is 0 Å². The van der Waals surface area contributed by atoms with Crippen molar-refractivity contribution in [2.24, 2.45) is 5.92 Å². The number of alkyl halides is 1. The van der Waals surface area contributed by atoms with Crippen LogP contribution in [-0.4, -0.2) is 12.7 Å². The minimum Gasteiger partial charge on any atom is -0.378 e. The second kappa shape index (κ2) is 5.38. The van der Waals surface area contributed by atoms with E-state index in [-0.39, 0.29) is 5.38 Å². The van der Waals surface area contributed by atoms with Crippen LogP contribution in [-0.2, 0) is 4.74 Å². The molecule has 16 heavy (non-hydrogen) atoms. The van der Waals surface area contributed by atoms with Crippen LogP contribution in [0.5, 0.6) is 0 Å². The molecular weight excluding hydrogens is 308 g/mol. The lowest BCUT2D eigenvalue weighted by Crippen LogP contribution is -2.18. The first-order chi connectivity index (χ1) is 7.63. The highest BCUT2D eigenvalue weighted by molar-refractivity contribution is 9.11. The summed E-state index contributed by atoms with van der Waals surface area (Å²) in [4.78, 5) is 1.26. The SMILES string of the molecule is CCC1OCCC1C(Cl)c1cc(C)c(Br)s1. The molecule has 3 unspecified atom stereocenters. The molecule has 1 aliphatic rings. The maximum Gasteiger partial charge on any atom is 0.0732 e. The van der Waals surface area contributed by atoms with Gasteiger partial charge in [0.05, 0.1) is 15.3 Å². The summed E-state index contributed by atoms with van der Waals surface area (Å²) in [5.41, 5.74) is 1.28. The van der Waals surface area contributed by atoms with Gasteiger partial charge >= 0.3 is 0 Å². The molecule has 0 radical (unpaired) electrons. The van der Waals surface area contributed by atoms with Gasteiger partial charge in [-0.3, -0.25) is 0 Å². The molecule has 1 fully saturated rings. The highest BCUT2D eigenvalue weighted by Gasteiger charge is 2.34. The Kier molecular flexibility index (Phi) is 4.33. The number of ether oxygens (including phenoxy) is 1. The summed E-state index contributed by atoms with van der Waals surface area (Å²) in [6.45, 7) is 5.14. The Morgan fingerprint density at radius 2 is 2.44 bits per heavy atom. The smallest absolute Gasteiger partial charge is 0.0732 e. The van der Waals surface area contributed by atoms with E-state index in [2.05, 4.69) is 35.8 Å². The van der Waals surface area contributed by atoms with Crippen molar-refractivity contribution in [3.8, 4) is 0 Å². The minimum atomic E-state index is 0.0995. The van der Waals surface area contributed by atoms with Gasteiger partial charge in [-0.1, -0.05) is 6.92 Å². The van der Waals surface area contributed by atoms with Crippen molar-refractivity contribution in [3.63, 3.8) is 0 Å². The molecule has 1 aromatic heterocycles. The molecule has 1 nitrogen and oxygen atoms in total. The topological polar surface area (TPSA) is 9.23 Å². The van der Waals surface area contributed by atoms with Gasteiger partial charge in [-0.25, -0.2) is 0 Å². The highest BCUT2D eigenvalue weighted by atomic mass is 79.9. The molecule has 3 atom stereocenters. The number of rotatable bonds is 3. The molecule has 0 N–H and O–H groups in total. The predicted molar refractivity (Wildman–Crippen MR) is 73.5 cm³/mol. The maximum absolute atomic E-state index is 6.58. The van der Waals surface area contributed by atoms with Gasteiger partial charge in [-0.2, -0.15) is 0 Å². The fraction of sp³-hybridized carbons (Fsp3) is 0.667. The molecule has 90 valence electrons. The van der Waals surface area contributed by atoms with Gasteiger partial charge in [-0.05, 0) is 47.3 Å². The number of aryl methyl sites for hydroxylation is 1. The van der Waals surface area contributed by atoms with E-state index >= 15 is 0 Å². The zero-order valence-corrected chi connectivity index (χ0v) is 12.7. The van der Waals surface area contributed by atoms with Crippen LogP contribution in [0.2, 0.25) is 0 Å². The van der Waals surface area contributed by atoms with Crippen molar-refractivity contribution in [1.82, 2.24) is 0 Å². The summed E-state index contributed by atoms with van der Waals surface area (Å²) >= 11 is 11.9. The summed E-state index contributed by atoms with van der Waals surface area (Å²) in [6.07, 6.45) is 2.48. The predicted octanol–water partition coefficient (Wildman–Crippen LogP) is 4.91. The fourth-order valence-electron chi connectivity index (χ4n) is 2.25. The summed E-state index contributed by atoms with van der Waals surface area (Å²) in [5, 5.41) is 0.0995. The zero-order chi connectivity index (χ0) is 11.7. The summed E-state index contributed by atoms with van der Waals surface area (Å²) in [5.74, 6) is 0.469. The van der Waals surface area contributed by atoms with Crippen molar-refractivity contribution < 1.29 is 4.74 Å². The Labute approximate surface area is 114 Å². The van der Waals surface area contributed by atoms with Crippen LogP contribution in [0.4, 0.5) is 0 Å². The normalized spacial score (nSPS) is 27.2. The van der Waals surface area contributed by atoms with Crippen LogP contribution >= 0.6 is 38.9 Å². The molecule has 2 heterocycles. The third-order valence-corrected chi connectivity index (χ3v) is 6.09. The monoisotopic (exact) mass is 322 g/mol. The molecule has 0 spiro atoms. The van der Waals surface area contributed by atoms with Crippen LogP contribution in [0.3, 0.4) is 0 Å². The van der Waals surface area contributed by atoms with Crippen molar-refractivity contribution in [1.29, 1.82) is 0 Å². The number of thiophene rings is 1. The average molecular weight is 324 g/mol. The molecule has 4 heteroatoms. The molecular formula is C12H16BrClOS. The lowest BCUT2D eigenvalue weighted by atomic mass is 9.94. The van der Waals surface area contributed by atoms with E-state index in [4.69, 9.17) is 16.3 Å². The number of halogens is 2. The van der Waals surface area contributed by atoms with Gasteiger partial charge in [0.1, 0.15) is 0 Å². The molecule has 2 rings (SSSR count). The minimum absolute atomic E-state index is 0.0995. The Balaban J connectivity index is 2.14. The first-order valence-electron chi connectivity index (χ1n) is 5.65. The fourth-order valence-corrected chi connectivity index (χ4v) is 4.36. The molecule has 0 amide bonds. The summed E-state index contributed by atoms with van der Waals surface area (Å²) in [7, 11) is 0. The van der Waals surface area contributed by atoms with Crippen LogP contribution in [0.15, 0.2) is 9.85 Å². The van der Waals surface area contributed by atoms with E-state index < -0.39 is 0 Å². The van der Waals surface area contributed by atoms with Gasteiger partial charge in [-0.15, -0.1) is 22.9 Å². The number of hydrogen-bond acceptors (Lipinski definition) is 2. The molecule has 0 aliphatic carbocycles. The second-order valence-electron chi connectivity index (χ2n) is 4.28. The van der Waals surface area contributed by atoms with Gasteiger partial charge in [0.25, 0.3) is 0 Å². The maximum atomic E-state index is 6.58. The first kappa shape index (κ1) is 12.9. The highest BCUT2D eigenvalue weighted by Crippen LogP contribution is 2.43. The van der Waals surface area contributed by atoms with Crippen molar-refractivity contribution in [3.05, 3.63) is 20.3 Å². The van der Waals surface area contributed by atoms with E-state index in [1.54, 1.807) is 11.3 Å².